The first-order chi connectivity index (χ1) is 19.0. The molecule has 0 spiro atoms. The van der Waals surface area contributed by atoms with Crippen LogP contribution >= 0.6 is 34.8 Å². The number of hydrogen-bond donors (Lipinski definition) is 0. The van der Waals surface area contributed by atoms with Crippen LogP contribution in [0.25, 0.3) is 22.8 Å². The molecular weight excluding hydrogens is 597 g/mol. The van der Waals surface area contributed by atoms with Crippen molar-refractivity contribution in [2.45, 2.75) is 12.6 Å². The average Bonchev–Trinajstić information content (AvgIpc) is 3.56. The number of benzene rings is 3. The minimum Gasteiger partial charge on any atom is -0.453 e. The fourth-order valence-electron chi connectivity index (χ4n) is 3.72. The quantitative estimate of drug-likeness (QED) is 0.179. The third-order valence-corrected chi connectivity index (χ3v) is 6.27. The van der Waals surface area contributed by atoms with E-state index < -0.39 is 29.2 Å². The molecule has 2 aromatic heterocycles. The van der Waals surface area contributed by atoms with E-state index in [-0.39, 0.29) is 50.7 Å². The maximum Gasteiger partial charge on any atom is 0.450 e. The molecule has 0 bridgehead atoms. The number of halogens is 7. The summed E-state index contributed by atoms with van der Waals surface area (Å²) in [6.07, 6.45) is -5.16. The van der Waals surface area contributed by atoms with Crippen molar-refractivity contribution in [3.05, 3.63) is 104 Å². The van der Waals surface area contributed by atoms with Gasteiger partial charge in [-0.25, -0.2) is 4.39 Å². The summed E-state index contributed by atoms with van der Waals surface area (Å²) in [5.41, 5.74) is 0.0526. The summed E-state index contributed by atoms with van der Waals surface area (Å²) < 4.78 is 72.8. The summed E-state index contributed by atoms with van der Waals surface area (Å²) in [5, 5.41) is 17.1. The summed E-state index contributed by atoms with van der Waals surface area (Å²) in [6.45, 7) is 0. The lowest BCUT2D eigenvalue weighted by Gasteiger charge is -2.11. The molecule has 0 saturated heterocycles. The number of rotatable bonds is 6. The number of hydrogen-bond acceptors (Lipinski definition) is 6. The van der Waals surface area contributed by atoms with Gasteiger partial charge in [0.2, 0.25) is 11.7 Å². The molecule has 0 N–H and O–H groups in total. The molecular formula is C27H12Cl3F4N3O3. The molecule has 0 radical (unpaired) electrons. The second-order valence-electron chi connectivity index (χ2n) is 8.27. The van der Waals surface area contributed by atoms with Gasteiger partial charge in [0.25, 0.3) is 5.89 Å². The summed E-state index contributed by atoms with van der Waals surface area (Å²) in [4.78, 5) is 0. The smallest absolute Gasteiger partial charge is 0.450 e. The predicted octanol–water partition coefficient (Wildman–Crippen LogP) is 9.37. The van der Waals surface area contributed by atoms with Crippen molar-refractivity contribution in [1.82, 2.24) is 10.2 Å². The van der Waals surface area contributed by atoms with Gasteiger partial charge in [-0.05, 0) is 54.6 Å². The van der Waals surface area contributed by atoms with E-state index in [9.17, 15) is 13.2 Å². The Hall–Kier alpha value is -4.04. The van der Waals surface area contributed by atoms with E-state index in [1.807, 2.05) is 6.07 Å². The Bertz CT molecular complexity index is 1760. The number of aromatic nitrogens is 2. The van der Waals surface area contributed by atoms with Crippen LogP contribution in [0.1, 0.15) is 22.8 Å². The lowest BCUT2D eigenvalue weighted by molar-refractivity contribution is -0.152. The van der Waals surface area contributed by atoms with Crippen molar-refractivity contribution < 1.29 is 31.1 Å². The maximum atomic E-state index is 15.4. The van der Waals surface area contributed by atoms with Crippen LogP contribution in [0.3, 0.4) is 0 Å². The monoisotopic (exact) mass is 607 g/mol. The molecule has 0 unspecified atom stereocenters. The molecule has 13 heteroatoms. The molecule has 5 rings (SSSR count). The van der Waals surface area contributed by atoms with Gasteiger partial charge in [0.1, 0.15) is 11.5 Å². The Morgan fingerprint density at radius 1 is 0.900 bits per heavy atom. The van der Waals surface area contributed by atoms with E-state index in [0.29, 0.717) is 10.6 Å². The van der Waals surface area contributed by atoms with Crippen LogP contribution in [0.4, 0.5) is 17.6 Å². The Morgan fingerprint density at radius 3 is 2.35 bits per heavy atom. The van der Waals surface area contributed by atoms with Crippen LogP contribution in [0.2, 0.25) is 15.1 Å². The molecule has 0 aliphatic heterocycles. The zero-order valence-electron chi connectivity index (χ0n) is 19.7. The first-order valence-corrected chi connectivity index (χ1v) is 12.3. The molecule has 0 amide bonds. The largest absolute Gasteiger partial charge is 0.453 e. The predicted molar refractivity (Wildman–Crippen MR) is 138 cm³/mol. The van der Waals surface area contributed by atoms with Gasteiger partial charge in [-0.2, -0.15) is 18.4 Å². The van der Waals surface area contributed by atoms with E-state index in [1.165, 1.54) is 54.6 Å². The first kappa shape index (κ1) is 27.5. The van der Waals surface area contributed by atoms with E-state index in [4.69, 9.17) is 53.6 Å². The van der Waals surface area contributed by atoms with E-state index in [2.05, 4.69) is 10.2 Å². The molecule has 5 aromatic rings. The van der Waals surface area contributed by atoms with E-state index in [1.54, 1.807) is 0 Å². The fourth-order valence-corrected chi connectivity index (χ4v) is 4.26. The molecule has 0 saturated carbocycles. The van der Waals surface area contributed by atoms with Crippen LogP contribution in [0.5, 0.6) is 11.5 Å². The van der Waals surface area contributed by atoms with Crippen molar-refractivity contribution in [2.24, 2.45) is 0 Å². The Balaban J connectivity index is 1.45. The Morgan fingerprint density at radius 2 is 1.65 bits per heavy atom. The standard InChI is InChI=1S/C27H12Cl3F4N3O3/c28-16-4-1-14(2-5-16)21-11-19(25(39-21)27(32,33)34)26-37-36-22(40-26)9-15-3-6-20(30)24(23(15)31)38-18-8-13(12-35)7-17(29)10-18/h1-8,10-11H,9H2. The number of nitriles is 1. The molecule has 0 atom stereocenters. The van der Waals surface area contributed by atoms with Crippen molar-refractivity contribution in [3.63, 3.8) is 0 Å². The highest BCUT2D eigenvalue weighted by Crippen LogP contribution is 2.42. The van der Waals surface area contributed by atoms with Gasteiger partial charge in [0.05, 0.1) is 28.6 Å². The van der Waals surface area contributed by atoms with Crippen molar-refractivity contribution >= 4 is 34.8 Å². The van der Waals surface area contributed by atoms with Gasteiger partial charge >= 0.3 is 6.18 Å². The van der Waals surface area contributed by atoms with Gasteiger partial charge in [0, 0.05) is 21.2 Å². The van der Waals surface area contributed by atoms with Crippen LogP contribution < -0.4 is 4.74 Å². The first-order valence-electron chi connectivity index (χ1n) is 11.2. The van der Waals surface area contributed by atoms with E-state index >= 15 is 4.39 Å². The molecule has 0 fully saturated rings. The normalized spacial score (nSPS) is 11.4. The highest BCUT2D eigenvalue weighted by Gasteiger charge is 2.40. The topological polar surface area (TPSA) is 85.1 Å². The van der Waals surface area contributed by atoms with Gasteiger partial charge in [-0.3, -0.25) is 0 Å². The molecule has 0 aliphatic carbocycles. The van der Waals surface area contributed by atoms with Crippen molar-refractivity contribution in [3.8, 4) is 40.3 Å². The van der Waals surface area contributed by atoms with Crippen molar-refractivity contribution in [1.29, 1.82) is 5.26 Å². The van der Waals surface area contributed by atoms with Gasteiger partial charge in [0.15, 0.2) is 11.6 Å². The Labute approximate surface area is 238 Å². The number of furan rings is 1. The SMILES string of the molecule is N#Cc1cc(Cl)cc(Oc2c(Cl)ccc(Cc3nnc(-c4cc(-c5ccc(Cl)cc5)oc4C(F)(F)F)o3)c2F)c1. The summed E-state index contributed by atoms with van der Waals surface area (Å²) >= 11 is 18.0. The van der Waals surface area contributed by atoms with Gasteiger partial charge in [-0.15, -0.1) is 10.2 Å². The second kappa shape index (κ2) is 10.8. The number of ether oxygens (including phenoxy) is 1. The lowest BCUT2D eigenvalue weighted by atomic mass is 10.1. The third kappa shape index (κ3) is 5.77. The molecule has 40 heavy (non-hydrogen) atoms. The summed E-state index contributed by atoms with van der Waals surface area (Å²) in [7, 11) is 0. The number of nitrogens with zero attached hydrogens (tertiary/aromatic N) is 3. The molecule has 2 heterocycles. The minimum atomic E-state index is -4.87. The van der Waals surface area contributed by atoms with Crippen LogP contribution in [-0.4, -0.2) is 10.2 Å². The van der Waals surface area contributed by atoms with Gasteiger partial charge < -0.3 is 13.6 Å². The second-order valence-corrected chi connectivity index (χ2v) is 9.55. The van der Waals surface area contributed by atoms with Crippen LogP contribution in [-0.2, 0) is 12.6 Å². The zero-order valence-corrected chi connectivity index (χ0v) is 22.0. The maximum absolute atomic E-state index is 15.4. The van der Waals surface area contributed by atoms with Crippen LogP contribution in [0.15, 0.2) is 69.5 Å². The minimum absolute atomic E-state index is 0.00206. The van der Waals surface area contributed by atoms with Crippen molar-refractivity contribution in [2.75, 3.05) is 0 Å². The summed E-state index contributed by atoms with van der Waals surface area (Å²) in [5.74, 6) is -3.25. The highest BCUT2D eigenvalue weighted by atomic mass is 35.5. The third-order valence-electron chi connectivity index (χ3n) is 5.51. The average molecular weight is 609 g/mol. The molecule has 3 aromatic carbocycles. The fraction of sp³-hybridized carbons (Fsp3) is 0.0741. The summed E-state index contributed by atoms with van der Waals surface area (Å²) in [6, 6.07) is 15.9. The highest BCUT2D eigenvalue weighted by molar-refractivity contribution is 6.32. The molecule has 0 aliphatic rings. The van der Waals surface area contributed by atoms with Crippen LogP contribution in [0, 0.1) is 17.1 Å². The molecule has 6 nitrogen and oxygen atoms in total. The molecule has 202 valence electrons. The Kier molecular flexibility index (Phi) is 7.47. The zero-order chi connectivity index (χ0) is 28.6. The van der Waals surface area contributed by atoms with E-state index in [0.717, 1.165) is 6.07 Å². The lowest BCUT2D eigenvalue weighted by Crippen LogP contribution is -2.04. The number of alkyl halides is 3. The van der Waals surface area contributed by atoms with Gasteiger partial charge in [-0.1, -0.05) is 40.9 Å².